The van der Waals surface area contributed by atoms with Crippen LogP contribution in [-0.2, 0) is 13.0 Å². The third-order valence-corrected chi connectivity index (χ3v) is 4.49. The molecule has 0 bridgehead atoms. The van der Waals surface area contributed by atoms with Crippen LogP contribution in [0, 0.1) is 0 Å². The van der Waals surface area contributed by atoms with Gasteiger partial charge in [-0.3, -0.25) is 10.3 Å². The summed E-state index contributed by atoms with van der Waals surface area (Å²) in [6.07, 6.45) is 3.26. The van der Waals surface area contributed by atoms with Crippen LogP contribution in [0.3, 0.4) is 0 Å². The van der Waals surface area contributed by atoms with Crippen molar-refractivity contribution in [2.75, 3.05) is 5.32 Å². The molecule has 0 unspecified atom stereocenters. The Morgan fingerprint density at radius 2 is 2.00 bits per heavy atom. The average Bonchev–Trinajstić information content (AvgIpc) is 3.20. The van der Waals surface area contributed by atoms with E-state index in [1.165, 1.54) is 0 Å². The molecular formula is C19H19N5O2. The molecule has 1 aliphatic rings. The molecule has 26 heavy (non-hydrogen) atoms. The van der Waals surface area contributed by atoms with Gasteiger partial charge in [0.15, 0.2) is 0 Å². The number of urea groups is 1. The van der Waals surface area contributed by atoms with Crippen LogP contribution >= 0.6 is 0 Å². The Balaban J connectivity index is 1.44. The molecule has 2 amide bonds. The van der Waals surface area contributed by atoms with Crippen molar-refractivity contribution in [2.24, 2.45) is 0 Å². The summed E-state index contributed by atoms with van der Waals surface area (Å²) >= 11 is 0. The number of hydrogen-bond donors (Lipinski definition) is 3. The largest absolute Gasteiger partial charge is 0.390 e. The number of benzene rings is 1. The van der Waals surface area contributed by atoms with Crippen molar-refractivity contribution in [3.8, 4) is 0 Å². The number of hydrogen-bond acceptors (Lipinski definition) is 4. The van der Waals surface area contributed by atoms with E-state index in [0.29, 0.717) is 18.8 Å². The van der Waals surface area contributed by atoms with E-state index in [2.05, 4.69) is 20.7 Å². The molecule has 0 saturated heterocycles. The first-order chi connectivity index (χ1) is 12.7. The second-order valence-corrected chi connectivity index (χ2v) is 6.24. The van der Waals surface area contributed by atoms with Crippen LogP contribution in [0.1, 0.15) is 22.9 Å². The van der Waals surface area contributed by atoms with Crippen molar-refractivity contribution in [3.63, 3.8) is 0 Å². The van der Waals surface area contributed by atoms with Crippen LogP contribution in [0.4, 0.5) is 10.6 Å². The van der Waals surface area contributed by atoms with E-state index >= 15 is 0 Å². The number of rotatable bonds is 4. The van der Waals surface area contributed by atoms with Gasteiger partial charge in [-0.15, -0.1) is 0 Å². The molecule has 132 valence electrons. The smallest absolute Gasteiger partial charge is 0.320 e. The molecule has 7 nitrogen and oxygen atoms in total. The zero-order valence-electron chi connectivity index (χ0n) is 14.0. The van der Waals surface area contributed by atoms with Gasteiger partial charge in [-0.05, 0) is 23.3 Å². The highest BCUT2D eigenvalue weighted by Gasteiger charge is 2.31. The normalized spacial score (nSPS) is 18.3. The molecule has 0 aliphatic heterocycles. The minimum atomic E-state index is -0.628. The van der Waals surface area contributed by atoms with Crippen LogP contribution in [0.2, 0.25) is 0 Å². The molecule has 4 rings (SSSR count). The average molecular weight is 349 g/mol. The lowest BCUT2D eigenvalue weighted by atomic mass is 10.1. The van der Waals surface area contributed by atoms with Crippen molar-refractivity contribution >= 4 is 11.8 Å². The van der Waals surface area contributed by atoms with E-state index < -0.39 is 12.1 Å². The third-order valence-electron chi connectivity index (χ3n) is 4.49. The maximum Gasteiger partial charge on any atom is 0.320 e. The number of aliphatic hydroxyl groups is 1. The first-order valence-corrected chi connectivity index (χ1v) is 8.46. The zero-order valence-corrected chi connectivity index (χ0v) is 14.0. The van der Waals surface area contributed by atoms with E-state index in [1.807, 2.05) is 42.5 Å². The molecule has 7 heteroatoms. The predicted molar refractivity (Wildman–Crippen MR) is 96.6 cm³/mol. The van der Waals surface area contributed by atoms with E-state index in [1.54, 1.807) is 23.1 Å². The highest BCUT2D eigenvalue weighted by atomic mass is 16.3. The van der Waals surface area contributed by atoms with Gasteiger partial charge in [0.2, 0.25) is 0 Å². The highest BCUT2D eigenvalue weighted by Crippen LogP contribution is 2.31. The second-order valence-electron chi connectivity index (χ2n) is 6.24. The maximum absolute atomic E-state index is 12.4. The number of aromatic nitrogens is 3. The molecule has 0 saturated carbocycles. The number of pyridine rings is 1. The van der Waals surface area contributed by atoms with Crippen molar-refractivity contribution in [1.82, 2.24) is 20.1 Å². The second kappa shape index (κ2) is 6.97. The zero-order chi connectivity index (χ0) is 17.9. The van der Waals surface area contributed by atoms with Crippen molar-refractivity contribution in [2.45, 2.75) is 25.1 Å². The SMILES string of the molecule is O=C(Nc1ccnn1Cc1ccccn1)N[C@H]1c2ccccc2C[C@H]1O. The molecule has 3 aromatic rings. The Labute approximate surface area is 150 Å². The topological polar surface area (TPSA) is 92.1 Å². The standard InChI is InChI=1S/C19H19N5O2/c25-16-11-13-5-1-2-7-15(13)18(16)23-19(26)22-17-8-10-21-24(17)12-14-6-3-4-9-20-14/h1-10,16,18,25H,11-12H2,(H2,22,23,26)/t16-,18+/m1/s1. The van der Waals surface area contributed by atoms with Crippen LogP contribution in [0.15, 0.2) is 60.9 Å². The molecule has 1 aliphatic carbocycles. The Bertz CT molecular complexity index is 909. The maximum atomic E-state index is 12.4. The number of aliphatic hydroxyl groups excluding tert-OH is 1. The van der Waals surface area contributed by atoms with E-state index in [9.17, 15) is 9.90 Å². The van der Waals surface area contributed by atoms with Crippen molar-refractivity contribution in [3.05, 3.63) is 77.7 Å². The van der Waals surface area contributed by atoms with Crippen LogP contribution in [0.5, 0.6) is 0 Å². The molecule has 1 aromatic carbocycles. The fourth-order valence-electron chi connectivity index (χ4n) is 3.25. The van der Waals surface area contributed by atoms with Gasteiger partial charge in [-0.2, -0.15) is 5.10 Å². The van der Waals surface area contributed by atoms with Gasteiger partial charge in [-0.25, -0.2) is 9.48 Å². The molecular weight excluding hydrogens is 330 g/mol. The van der Waals surface area contributed by atoms with Gasteiger partial charge in [0.05, 0.1) is 30.6 Å². The number of carbonyl (C=O) groups is 1. The van der Waals surface area contributed by atoms with Gasteiger partial charge in [0, 0.05) is 18.7 Å². The van der Waals surface area contributed by atoms with Crippen molar-refractivity contribution in [1.29, 1.82) is 0 Å². The van der Waals surface area contributed by atoms with Crippen LogP contribution < -0.4 is 10.6 Å². The molecule has 0 radical (unpaired) electrons. The Morgan fingerprint density at radius 3 is 2.85 bits per heavy atom. The minimum Gasteiger partial charge on any atom is -0.390 e. The van der Waals surface area contributed by atoms with Gasteiger partial charge < -0.3 is 10.4 Å². The molecule has 0 spiro atoms. The summed E-state index contributed by atoms with van der Waals surface area (Å²) in [5, 5.41) is 20.2. The van der Waals surface area contributed by atoms with E-state index in [0.717, 1.165) is 16.8 Å². The number of nitrogens with zero attached hydrogens (tertiary/aromatic N) is 3. The molecule has 2 heterocycles. The quantitative estimate of drug-likeness (QED) is 0.673. The van der Waals surface area contributed by atoms with E-state index in [4.69, 9.17) is 0 Å². The van der Waals surface area contributed by atoms with Gasteiger partial charge in [-0.1, -0.05) is 30.3 Å². The molecule has 2 atom stereocenters. The summed E-state index contributed by atoms with van der Waals surface area (Å²) in [6, 6.07) is 14.3. The van der Waals surface area contributed by atoms with Crippen LogP contribution in [0.25, 0.3) is 0 Å². The lowest BCUT2D eigenvalue weighted by molar-refractivity contribution is 0.144. The molecule has 3 N–H and O–H groups in total. The third kappa shape index (κ3) is 3.29. The number of amides is 2. The van der Waals surface area contributed by atoms with E-state index in [-0.39, 0.29) is 6.03 Å². The number of anilines is 1. The number of fused-ring (bicyclic) bond motifs is 1. The summed E-state index contributed by atoms with van der Waals surface area (Å²) in [7, 11) is 0. The summed E-state index contributed by atoms with van der Waals surface area (Å²) in [5.74, 6) is 0.564. The lowest BCUT2D eigenvalue weighted by Crippen LogP contribution is -2.37. The fourth-order valence-corrected chi connectivity index (χ4v) is 3.25. The summed E-state index contributed by atoms with van der Waals surface area (Å²) in [4.78, 5) is 16.7. The minimum absolute atomic E-state index is 0.381. The van der Waals surface area contributed by atoms with Gasteiger partial charge in [0.1, 0.15) is 5.82 Å². The summed E-state index contributed by atoms with van der Waals surface area (Å²) < 4.78 is 1.67. The predicted octanol–water partition coefficient (Wildman–Crippen LogP) is 2.11. The first kappa shape index (κ1) is 16.3. The number of carbonyl (C=O) groups excluding carboxylic acids is 1. The van der Waals surface area contributed by atoms with Crippen molar-refractivity contribution < 1.29 is 9.90 Å². The summed E-state index contributed by atoms with van der Waals surface area (Å²) in [5.41, 5.74) is 2.86. The highest BCUT2D eigenvalue weighted by molar-refractivity contribution is 5.88. The molecule has 2 aromatic heterocycles. The lowest BCUT2D eigenvalue weighted by Gasteiger charge is -2.18. The molecule has 0 fully saturated rings. The monoisotopic (exact) mass is 349 g/mol. The van der Waals surface area contributed by atoms with Crippen LogP contribution in [-0.4, -0.2) is 32.0 Å². The first-order valence-electron chi connectivity index (χ1n) is 8.46. The van der Waals surface area contributed by atoms with Gasteiger partial charge in [0.25, 0.3) is 0 Å². The van der Waals surface area contributed by atoms with Gasteiger partial charge >= 0.3 is 6.03 Å². The Morgan fingerprint density at radius 1 is 1.15 bits per heavy atom. The fraction of sp³-hybridized carbons (Fsp3) is 0.211. The summed E-state index contributed by atoms with van der Waals surface area (Å²) in [6.45, 7) is 0.457. The number of nitrogens with one attached hydrogen (secondary N) is 2. The Kier molecular flexibility index (Phi) is 4.37. The Hall–Kier alpha value is -3.19.